The summed E-state index contributed by atoms with van der Waals surface area (Å²) >= 11 is 0. The minimum absolute atomic E-state index is 0.0518. The molecule has 1 aromatic carbocycles. The maximum Gasteiger partial charge on any atom is 0.224 e. The van der Waals surface area contributed by atoms with Gasteiger partial charge in [-0.3, -0.25) is 4.99 Å². The Morgan fingerprint density at radius 3 is 2.71 bits per heavy atom. The summed E-state index contributed by atoms with van der Waals surface area (Å²) in [6.45, 7) is 3.62. The predicted molar refractivity (Wildman–Crippen MR) is 81.0 cm³/mol. The summed E-state index contributed by atoms with van der Waals surface area (Å²) in [5, 5.41) is -0.0518. The predicted octanol–water partition coefficient (Wildman–Crippen LogP) is 1.18. The van der Waals surface area contributed by atoms with Crippen LogP contribution in [0.25, 0.3) is 0 Å². The summed E-state index contributed by atoms with van der Waals surface area (Å²) in [6, 6.07) is 6.83. The van der Waals surface area contributed by atoms with Gasteiger partial charge in [-0.2, -0.15) is 0 Å². The first kappa shape index (κ1) is 13.6. The molecule has 21 heavy (non-hydrogen) atoms. The van der Waals surface area contributed by atoms with E-state index in [-0.39, 0.29) is 22.3 Å². The molecule has 4 N–H and O–H groups in total. The Morgan fingerprint density at radius 1 is 1.29 bits per heavy atom. The quantitative estimate of drug-likeness (QED) is 0.690. The van der Waals surface area contributed by atoms with Crippen molar-refractivity contribution in [1.82, 2.24) is 4.98 Å². The Kier molecular flexibility index (Phi) is 2.94. The number of anilines is 2. The van der Waals surface area contributed by atoms with Gasteiger partial charge in [0.1, 0.15) is 5.82 Å². The molecule has 1 aromatic heterocycles. The third-order valence-electron chi connectivity index (χ3n) is 3.59. The van der Waals surface area contributed by atoms with E-state index in [9.17, 15) is 8.42 Å². The number of sulfone groups is 1. The van der Waals surface area contributed by atoms with Crippen molar-refractivity contribution in [1.29, 1.82) is 0 Å². The van der Waals surface area contributed by atoms with Crippen molar-refractivity contribution in [2.24, 2.45) is 4.99 Å². The second kappa shape index (κ2) is 4.56. The molecule has 0 bridgehead atoms. The third kappa shape index (κ3) is 1.89. The topological polar surface area (TPSA) is 111 Å². The van der Waals surface area contributed by atoms with Gasteiger partial charge in [0.15, 0.2) is 5.03 Å². The lowest BCUT2D eigenvalue weighted by Crippen LogP contribution is -2.20. The van der Waals surface area contributed by atoms with Gasteiger partial charge in [-0.1, -0.05) is 18.2 Å². The molecule has 0 amide bonds. The molecule has 0 unspecified atom stereocenters. The zero-order valence-electron chi connectivity index (χ0n) is 11.2. The van der Waals surface area contributed by atoms with Gasteiger partial charge < -0.3 is 11.5 Å². The van der Waals surface area contributed by atoms with Crippen molar-refractivity contribution in [2.75, 3.05) is 11.5 Å². The number of rotatable bonds is 2. The summed E-state index contributed by atoms with van der Waals surface area (Å²) in [5.41, 5.74) is 14.0. The molecule has 1 aliphatic rings. The van der Waals surface area contributed by atoms with Crippen LogP contribution in [0.1, 0.15) is 16.7 Å². The van der Waals surface area contributed by atoms with E-state index < -0.39 is 9.84 Å². The van der Waals surface area contributed by atoms with Gasteiger partial charge in [0.05, 0.1) is 11.4 Å². The second-order valence-corrected chi connectivity index (χ2v) is 6.68. The van der Waals surface area contributed by atoms with E-state index in [0.717, 1.165) is 0 Å². The first-order valence-electron chi connectivity index (χ1n) is 6.29. The lowest BCUT2D eigenvalue weighted by molar-refractivity contribution is 0.587. The van der Waals surface area contributed by atoms with Crippen LogP contribution >= 0.6 is 0 Å². The van der Waals surface area contributed by atoms with Crippen LogP contribution in [0.15, 0.2) is 39.2 Å². The van der Waals surface area contributed by atoms with Crippen LogP contribution in [0, 0.1) is 0 Å². The second-order valence-electron chi connectivity index (χ2n) is 4.84. The zero-order chi connectivity index (χ0) is 15.2. The van der Waals surface area contributed by atoms with Crippen LogP contribution < -0.4 is 11.5 Å². The lowest BCUT2D eigenvalue weighted by Gasteiger charge is -2.22. The molecular formula is C14H14N4O2S. The smallest absolute Gasteiger partial charge is 0.224 e. The number of nitrogen functional groups attached to an aromatic ring is 2. The zero-order valence-corrected chi connectivity index (χ0v) is 12.0. The monoisotopic (exact) mass is 302 g/mol. The minimum atomic E-state index is -3.70. The molecule has 108 valence electrons. The number of fused-ring (bicyclic) bond motifs is 2. The fraction of sp³-hybridized carbons (Fsp3) is 0.143. The van der Waals surface area contributed by atoms with Crippen molar-refractivity contribution < 1.29 is 8.42 Å². The maximum atomic E-state index is 12.7. The average molecular weight is 302 g/mol. The summed E-state index contributed by atoms with van der Waals surface area (Å²) in [7, 11) is -3.70. The van der Waals surface area contributed by atoms with Crippen LogP contribution in [0.2, 0.25) is 0 Å². The average Bonchev–Trinajstić information content (AvgIpc) is 2.45. The van der Waals surface area contributed by atoms with Crippen LogP contribution in [-0.2, 0) is 22.8 Å². The summed E-state index contributed by atoms with van der Waals surface area (Å²) in [5.74, 6) is 0.0848. The van der Waals surface area contributed by atoms with E-state index in [4.69, 9.17) is 11.5 Å². The van der Waals surface area contributed by atoms with E-state index in [1.54, 1.807) is 24.3 Å². The highest BCUT2D eigenvalue weighted by Crippen LogP contribution is 2.38. The number of pyridine rings is 1. The molecule has 0 aliphatic carbocycles. The van der Waals surface area contributed by atoms with E-state index in [1.807, 2.05) is 0 Å². The Balaban J connectivity index is 2.33. The third-order valence-corrected chi connectivity index (χ3v) is 5.42. The maximum absolute atomic E-state index is 12.7. The molecule has 3 rings (SSSR count). The van der Waals surface area contributed by atoms with Crippen molar-refractivity contribution >= 4 is 28.1 Å². The van der Waals surface area contributed by atoms with Gasteiger partial charge in [-0.15, -0.1) is 0 Å². The van der Waals surface area contributed by atoms with Gasteiger partial charge in [0.2, 0.25) is 9.84 Å². The molecule has 2 aromatic rings. The Hall–Kier alpha value is -2.41. The van der Waals surface area contributed by atoms with Crippen molar-refractivity contribution in [2.45, 2.75) is 22.9 Å². The molecule has 2 heterocycles. The number of aromatic nitrogens is 1. The van der Waals surface area contributed by atoms with E-state index in [1.165, 1.54) is 0 Å². The van der Waals surface area contributed by atoms with Crippen LogP contribution in [0.4, 0.5) is 11.5 Å². The van der Waals surface area contributed by atoms with Crippen molar-refractivity contribution in [3.05, 3.63) is 41.0 Å². The fourth-order valence-electron chi connectivity index (χ4n) is 2.56. The largest absolute Gasteiger partial charge is 0.398 e. The minimum Gasteiger partial charge on any atom is -0.398 e. The van der Waals surface area contributed by atoms with Gasteiger partial charge in [0.25, 0.3) is 0 Å². The number of nitrogens with two attached hydrogens (primary N) is 2. The van der Waals surface area contributed by atoms with E-state index in [2.05, 4.69) is 16.7 Å². The molecule has 0 saturated carbocycles. The van der Waals surface area contributed by atoms with Crippen LogP contribution in [0.5, 0.6) is 0 Å². The van der Waals surface area contributed by atoms with Crippen molar-refractivity contribution in [3.63, 3.8) is 0 Å². The van der Waals surface area contributed by atoms with E-state index >= 15 is 0 Å². The summed E-state index contributed by atoms with van der Waals surface area (Å²) in [6.07, 6.45) is 0.411. The van der Waals surface area contributed by atoms with Gasteiger partial charge >= 0.3 is 0 Å². The highest BCUT2D eigenvalue weighted by atomic mass is 32.2. The molecule has 0 saturated heterocycles. The van der Waals surface area contributed by atoms with Crippen LogP contribution in [-0.4, -0.2) is 20.1 Å². The molecule has 0 fully saturated rings. The summed E-state index contributed by atoms with van der Waals surface area (Å²) < 4.78 is 25.3. The number of hydrogen-bond donors (Lipinski definition) is 2. The number of benzene rings is 1. The van der Waals surface area contributed by atoms with Gasteiger partial charge in [0, 0.05) is 23.2 Å². The van der Waals surface area contributed by atoms with Crippen molar-refractivity contribution in [3.8, 4) is 0 Å². The highest BCUT2D eigenvalue weighted by molar-refractivity contribution is 7.91. The molecule has 0 radical (unpaired) electrons. The fourth-order valence-corrected chi connectivity index (χ4v) is 4.23. The van der Waals surface area contributed by atoms with Gasteiger partial charge in [-0.05, 0) is 18.3 Å². The van der Waals surface area contributed by atoms with E-state index in [0.29, 0.717) is 28.8 Å². The molecule has 1 aliphatic heterocycles. The Bertz CT molecular complexity index is 860. The van der Waals surface area contributed by atoms with Crippen LogP contribution in [0.3, 0.4) is 0 Å². The highest BCUT2D eigenvalue weighted by Gasteiger charge is 2.33. The standard InChI is InChI=1S/C14H14N4O2S/c1-17-7-10-12(15)9-6-8-4-2-3-5-11(8)21(19,20)14(9)18-13(10)16/h2-5H,1,6-7H2,(H4,15,16,18). The summed E-state index contributed by atoms with van der Waals surface area (Å²) in [4.78, 5) is 8.09. The first-order chi connectivity index (χ1) is 9.96. The Labute approximate surface area is 122 Å². The molecule has 6 nitrogen and oxygen atoms in total. The molecule has 7 heteroatoms. The lowest BCUT2D eigenvalue weighted by atomic mass is 10.0. The number of aliphatic imine (C=N–C) groups is 1. The SMILES string of the molecule is C=NCc1c(N)nc2c(c1N)Cc1ccccc1S2(=O)=O. The Morgan fingerprint density at radius 2 is 2.00 bits per heavy atom. The number of nitrogens with zero attached hydrogens (tertiary/aromatic N) is 2. The first-order valence-corrected chi connectivity index (χ1v) is 7.77. The molecule has 0 spiro atoms. The number of hydrogen-bond acceptors (Lipinski definition) is 6. The molecule has 0 atom stereocenters. The normalized spacial score (nSPS) is 15.0. The van der Waals surface area contributed by atoms with Gasteiger partial charge in [-0.25, -0.2) is 13.4 Å². The molecular weight excluding hydrogens is 288 g/mol.